The van der Waals surface area contributed by atoms with Gasteiger partial charge in [-0.2, -0.15) is 0 Å². The number of hydrogen-bond acceptors (Lipinski definition) is 5. The average molecular weight is 412 g/mol. The molecule has 1 heterocycles. The molecule has 2 atom stereocenters. The van der Waals surface area contributed by atoms with Crippen molar-refractivity contribution in [3.8, 4) is 5.75 Å². The lowest BCUT2D eigenvalue weighted by Gasteiger charge is -2.28. The van der Waals surface area contributed by atoms with Crippen LogP contribution in [0.25, 0.3) is 0 Å². The second-order valence-corrected chi connectivity index (χ2v) is 7.69. The molecule has 0 spiro atoms. The highest BCUT2D eigenvalue weighted by Gasteiger charge is 2.51. The number of likely N-dealkylation sites (N-methyl/N-ethyl adjacent to an activating group) is 1. The number of likely N-dealkylation sites (tertiary alicyclic amines) is 1. The minimum Gasteiger partial charge on any atom is -0.496 e. The lowest BCUT2D eigenvalue weighted by atomic mass is 9.86. The van der Waals surface area contributed by atoms with Crippen LogP contribution in [0.3, 0.4) is 0 Å². The Morgan fingerprint density at radius 3 is 2.37 bits per heavy atom. The van der Waals surface area contributed by atoms with Gasteiger partial charge in [0.1, 0.15) is 17.5 Å². The Kier molecular flexibility index (Phi) is 6.31. The highest BCUT2D eigenvalue weighted by Crippen LogP contribution is 2.38. The summed E-state index contributed by atoms with van der Waals surface area (Å²) in [6.45, 7) is 2.61. The van der Waals surface area contributed by atoms with Crippen molar-refractivity contribution in [1.82, 2.24) is 9.80 Å². The number of methoxy groups -OCH3 is 1. The van der Waals surface area contributed by atoms with Crippen LogP contribution in [0.5, 0.6) is 5.75 Å². The normalized spacial score (nSPS) is 18.9. The average Bonchev–Trinajstić information content (AvgIpc) is 2.96. The number of nitrogens with zero attached hydrogens (tertiary/aromatic N) is 2. The van der Waals surface area contributed by atoms with Gasteiger partial charge >= 0.3 is 0 Å². The smallest absolute Gasteiger partial charge is 0.291 e. The van der Waals surface area contributed by atoms with Crippen LogP contribution in [0.4, 0.5) is 4.39 Å². The Labute approximate surface area is 175 Å². The summed E-state index contributed by atoms with van der Waals surface area (Å²) in [7, 11) is 5.26. The largest absolute Gasteiger partial charge is 0.496 e. The van der Waals surface area contributed by atoms with E-state index >= 15 is 0 Å². The second kappa shape index (κ2) is 8.75. The molecule has 1 aliphatic heterocycles. The summed E-state index contributed by atoms with van der Waals surface area (Å²) in [5, 5.41) is 0. The number of amides is 1. The fourth-order valence-corrected chi connectivity index (χ4v) is 3.78. The summed E-state index contributed by atoms with van der Waals surface area (Å²) < 4.78 is 18.7. The van der Waals surface area contributed by atoms with E-state index in [9.17, 15) is 18.8 Å². The van der Waals surface area contributed by atoms with Crippen molar-refractivity contribution in [3.63, 3.8) is 0 Å². The molecule has 0 aromatic heterocycles. The lowest BCUT2D eigenvalue weighted by Crippen LogP contribution is -2.36. The molecule has 1 fully saturated rings. The molecule has 6 nitrogen and oxygen atoms in total. The molecule has 1 aliphatic rings. The van der Waals surface area contributed by atoms with E-state index in [2.05, 4.69) is 0 Å². The molecule has 0 aliphatic carbocycles. The monoisotopic (exact) mass is 412 g/mol. The van der Waals surface area contributed by atoms with Gasteiger partial charge < -0.3 is 14.5 Å². The molecule has 30 heavy (non-hydrogen) atoms. The van der Waals surface area contributed by atoms with Crippen LogP contribution in [0.15, 0.2) is 42.5 Å². The maximum absolute atomic E-state index is 13.5. The van der Waals surface area contributed by atoms with Gasteiger partial charge in [0, 0.05) is 18.7 Å². The number of hydrogen-bond donors (Lipinski definition) is 0. The molecule has 2 aromatic carbocycles. The van der Waals surface area contributed by atoms with Gasteiger partial charge in [0.05, 0.1) is 13.2 Å². The first kappa shape index (κ1) is 21.6. The van der Waals surface area contributed by atoms with Crippen molar-refractivity contribution in [3.05, 3.63) is 65.0 Å². The van der Waals surface area contributed by atoms with Crippen LogP contribution in [0.2, 0.25) is 0 Å². The topological polar surface area (TPSA) is 66.9 Å². The van der Waals surface area contributed by atoms with Crippen molar-refractivity contribution >= 4 is 17.5 Å². The number of rotatable bonds is 7. The van der Waals surface area contributed by atoms with Gasteiger partial charge in [-0.25, -0.2) is 4.39 Å². The molecule has 0 N–H and O–H groups in total. The van der Waals surface area contributed by atoms with Gasteiger partial charge in [0.25, 0.3) is 5.91 Å². The number of aryl methyl sites for hydroxylation is 1. The van der Waals surface area contributed by atoms with Gasteiger partial charge in [-0.15, -0.1) is 0 Å². The van der Waals surface area contributed by atoms with E-state index in [1.807, 2.05) is 19.0 Å². The number of halogens is 1. The zero-order valence-corrected chi connectivity index (χ0v) is 17.5. The standard InChI is InChI=1S/C23H25FN2O4/c1-14-13-16(7-10-18(14)30-4)21(27)19-20(15-5-8-17(24)9-6-15)26(12-11-25(2)3)23(29)22(19)28/h5-10,13,19-20H,11-12H2,1-4H3. The predicted octanol–water partition coefficient (Wildman–Crippen LogP) is 2.66. The Morgan fingerprint density at radius 1 is 1.13 bits per heavy atom. The zero-order valence-electron chi connectivity index (χ0n) is 17.5. The number of carbonyl (C=O) groups excluding carboxylic acids is 3. The number of ether oxygens (including phenoxy) is 1. The fourth-order valence-electron chi connectivity index (χ4n) is 3.78. The highest BCUT2D eigenvalue weighted by molar-refractivity contribution is 6.44. The summed E-state index contributed by atoms with van der Waals surface area (Å²) in [6, 6.07) is 9.72. The van der Waals surface area contributed by atoms with Crippen molar-refractivity contribution in [2.75, 3.05) is 34.3 Å². The molecule has 1 amide bonds. The fraction of sp³-hybridized carbons (Fsp3) is 0.348. The van der Waals surface area contributed by atoms with E-state index in [4.69, 9.17) is 4.74 Å². The van der Waals surface area contributed by atoms with Crippen LogP contribution in [-0.2, 0) is 9.59 Å². The van der Waals surface area contributed by atoms with Crippen LogP contribution in [-0.4, -0.2) is 61.6 Å². The summed E-state index contributed by atoms with van der Waals surface area (Å²) in [5.74, 6) is -2.83. The minimum absolute atomic E-state index is 0.283. The first-order valence-electron chi connectivity index (χ1n) is 9.68. The Balaban J connectivity index is 2.04. The molecule has 1 saturated heterocycles. The summed E-state index contributed by atoms with van der Waals surface area (Å²) in [5.41, 5.74) is 1.64. The lowest BCUT2D eigenvalue weighted by molar-refractivity contribution is -0.140. The Morgan fingerprint density at radius 2 is 1.80 bits per heavy atom. The third kappa shape index (κ3) is 4.11. The van der Waals surface area contributed by atoms with Crippen molar-refractivity contribution < 1.29 is 23.5 Å². The molecule has 0 bridgehead atoms. The molecule has 7 heteroatoms. The predicted molar refractivity (Wildman–Crippen MR) is 110 cm³/mol. The first-order valence-corrected chi connectivity index (χ1v) is 9.68. The second-order valence-electron chi connectivity index (χ2n) is 7.69. The third-order valence-corrected chi connectivity index (χ3v) is 5.37. The molecule has 2 aromatic rings. The van der Waals surface area contributed by atoms with Crippen molar-refractivity contribution in [2.24, 2.45) is 5.92 Å². The van der Waals surface area contributed by atoms with E-state index in [0.717, 1.165) is 5.56 Å². The van der Waals surface area contributed by atoms with Crippen LogP contribution in [0, 0.1) is 18.7 Å². The molecule has 0 saturated carbocycles. The van der Waals surface area contributed by atoms with Gasteiger partial charge in [0.2, 0.25) is 5.78 Å². The number of Topliss-reactive ketones (excluding diaryl/α,β-unsaturated/α-hetero) is 2. The molecule has 158 valence electrons. The van der Waals surface area contributed by atoms with E-state index < -0.39 is 35.3 Å². The molecule has 0 radical (unpaired) electrons. The number of ketones is 2. The van der Waals surface area contributed by atoms with E-state index in [1.54, 1.807) is 25.1 Å². The van der Waals surface area contributed by atoms with Crippen LogP contribution in [0.1, 0.15) is 27.5 Å². The number of carbonyl (C=O) groups is 3. The van der Waals surface area contributed by atoms with Gasteiger partial charge in [-0.3, -0.25) is 14.4 Å². The zero-order chi connectivity index (χ0) is 22.0. The van der Waals surface area contributed by atoms with Crippen molar-refractivity contribution in [2.45, 2.75) is 13.0 Å². The number of benzene rings is 2. The first-order chi connectivity index (χ1) is 14.2. The SMILES string of the molecule is COc1ccc(C(=O)C2C(=O)C(=O)N(CCN(C)C)C2c2ccc(F)cc2)cc1C. The quantitative estimate of drug-likeness (QED) is 0.397. The highest BCUT2D eigenvalue weighted by atomic mass is 19.1. The van der Waals surface area contributed by atoms with E-state index in [-0.39, 0.29) is 6.54 Å². The third-order valence-electron chi connectivity index (χ3n) is 5.37. The van der Waals surface area contributed by atoms with Gasteiger partial charge in [-0.1, -0.05) is 12.1 Å². The van der Waals surface area contributed by atoms with Crippen LogP contribution < -0.4 is 4.74 Å². The molecule has 3 rings (SSSR count). The Bertz CT molecular complexity index is 972. The van der Waals surface area contributed by atoms with Crippen molar-refractivity contribution in [1.29, 1.82) is 0 Å². The molecular formula is C23H25FN2O4. The maximum atomic E-state index is 13.5. The summed E-state index contributed by atoms with van der Waals surface area (Å²) in [4.78, 5) is 42.4. The van der Waals surface area contributed by atoms with E-state index in [1.165, 1.54) is 36.3 Å². The Hall–Kier alpha value is -3.06. The molecular weight excluding hydrogens is 387 g/mol. The van der Waals surface area contributed by atoms with Gasteiger partial charge in [-0.05, 0) is 62.5 Å². The maximum Gasteiger partial charge on any atom is 0.291 e. The minimum atomic E-state index is -1.18. The molecule has 2 unspecified atom stereocenters. The van der Waals surface area contributed by atoms with E-state index in [0.29, 0.717) is 23.4 Å². The summed E-state index contributed by atoms with van der Waals surface area (Å²) in [6.07, 6.45) is 0. The van der Waals surface area contributed by atoms with Gasteiger partial charge in [0.15, 0.2) is 5.78 Å². The van der Waals surface area contributed by atoms with Crippen LogP contribution >= 0.6 is 0 Å². The summed E-state index contributed by atoms with van der Waals surface area (Å²) >= 11 is 0.